The first kappa shape index (κ1) is 16.9. The van der Waals surface area contributed by atoms with Crippen LogP contribution < -0.4 is 10.6 Å². The lowest BCUT2D eigenvalue weighted by Crippen LogP contribution is -2.40. The molecule has 1 heterocycles. The van der Waals surface area contributed by atoms with Gasteiger partial charge in [0, 0.05) is 25.5 Å². The molecule has 0 saturated heterocycles. The minimum absolute atomic E-state index is 0.153. The van der Waals surface area contributed by atoms with Crippen molar-refractivity contribution in [1.82, 2.24) is 20.2 Å². The maximum Gasteiger partial charge on any atom is 0.405 e. The molecule has 1 aromatic carbocycles. The summed E-state index contributed by atoms with van der Waals surface area (Å²) in [5.74, 6) is 0.889. The predicted octanol–water partition coefficient (Wildman–Crippen LogP) is 2.60. The Balaban J connectivity index is 1.88. The summed E-state index contributed by atoms with van der Waals surface area (Å²) in [6.07, 6.45) is -0.837. The number of rotatable bonds is 5. The van der Waals surface area contributed by atoms with Gasteiger partial charge in [-0.05, 0) is 18.1 Å². The number of urea groups is 1. The Morgan fingerprint density at radius 3 is 2.65 bits per heavy atom. The molecule has 2 aromatic rings. The van der Waals surface area contributed by atoms with Crippen LogP contribution in [0.3, 0.4) is 0 Å². The molecule has 2 rings (SSSR count). The van der Waals surface area contributed by atoms with Crippen molar-refractivity contribution in [3.05, 3.63) is 53.6 Å². The van der Waals surface area contributed by atoms with Crippen LogP contribution >= 0.6 is 0 Å². The highest BCUT2D eigenvalue weighted by Gasteiger charge is 2.27. The van der Waals surface area contributed by atoms with Crippen molar-refractivity contribution in [3.8, 4) is 0 Å². The van der Waals surface area contributed by atoms with Crippen LogP contribution in [-0.4, -0.2) is 28.3 Å². The third-order valence-corrected chi connectivity index (χ3v) is 3.17. The van der Waals surface area contributed by atoms with E-state index in [0.717, 1.165) is 17.0 Å². The van der Waals surface area contributed by atoms with Crippen LogP contribution in [-0.2, 0) is 13.1 Å². The van der Waals surface area contributed by atoms with Crippen molar-refractivity contribution < 1.29 is 18.0 Å². The van der Waals surface area contributed by atoms with Crippen LogP contribution in [0.4, 0.5) is 18.0 Å². The van der Waals surface area contributed by atoms with Crippen LogP contribution in [0.15, 0.2) is 36.7 Å². The monoisotopic (exact) mass is 326 g/mol. The number of carbonyl (C=O) groups is 1. The summed E-state index contributed by atoms with van der Waals surface area (Å²) >= 11 is 0. The molecule has 0 saturated carbocycles. The Labute approximate surface area is 131 Å². The Morgan fingerprint density at radius 2 is 2.00 bits per heavy atom. The van der Waals surface area contributed by atoms with Crippen molar-refractivity contribution in [2.24, 2.45) is 0 Å². The lowest BCUT2D eigenvalue weighted by atomic mass is 10.1. The number of amides is 2. The summed E-state index contributed by atoms with van der Waals surface area (Å²) in [7, 11) is 0. The van der Waals surface area contributed by atoms with Gasteiger partial charge in [-0.15, -0.1) is 0 Å². The molecule has 23 heavy (non-hydrogen) atoms. The van der Waals surface area contributed by atoms with Gasteiger partial charge < -0.3 is 15.2 Å². The second kappa shape index (κ2) is 7.17. The second-order valence-corrected chi connectivity index (χ2v) is 5.07. The van der Waals surface area contributed by atoms with E-state index in [4.69, 9.17) is 0 Å². The maximum atomic E-state index is 12.0. The SMILES string of the molecule is Cc1nccn1Cc1cccc(CNC(=O)NCC(F)(F)F)c1. The van der Waals surface area contributed by atoms with Gasteiger partial charge in [0.25, 0.3) is 0 Å². The molecule has 0 aliphatic rings. The topological polar surface area (TPSA) is 59.0 Å². The second-order valence-electron chi connectivity index (χ2n) is 5.07. The zero-order valence-corrected chi connectivity index (χ0v) is 12.5. The lowest BCUT2D eigenvalue weighted by molar-refractivity contribution is -0.122. The summed E-state index contributed by atoms with van der Waals surface area (Å²) in [6.45, 7) is 1.34. The zero-order chi connectivity index (χ0) is 16.9. The number of aromatic nitrogens is 2. The van der Waals surface area contributed by atoms with Crippen molar-refractivity contribution in [1.29, 1.82) is 0 Å². The van der Waals surface area contributed by atoms with Gasteiger partial charge in [0.2, 0.25) is 0 Å². The van der Waals surface area contributed by atoms with Crippen molar-refractivity contribution in [2.75, 3.05) is 6.54 Å². The van der Waals surface area contributed by atoms with E-state index in [2.05, 4.69) is 10.3 Å². The number of halogens is 3. The Morgan fingerprint density at radius 1 is 1.26 bits per heavy atom. The molecular weight excluding hydrogens is 309 g/mol. The molecule has 0 aliphatic carbocycles. The number of hydrogen-bond acceptors (Lipinski definition) is 2. The van der Waals surface area contributed by atoms with Crippen LogP contribution in [0.1, 0.15) is 17.0 Å². The van der Waals surface area contributed by atoms with E-state index in [1.165, 1.54) is 0 Å². The number of aryl methyl sites for hydroxylation is 1. The first-order valence-corrected chi connectivity index (χ1v) is 6.97. The number of imidazole rings is 1. The third kappa shape index (κ3) is 5.65. The molecule has 2 amide bonds. The molecule has 5 nitrogen and oxygen atoms in total. The van der Waals surface area contributed by atoms with Gasteiger partial charge in [0.15, 0.2) is 0 Å². The first-order chi connectivity index (χ1) is 10.8. The van der Waals surface area contributed by atoms with Gasteiger partial charge in [0.1, 0.15) is 12.4 Å². The summed E-state index contributed by atoms with van der Waals surface area (Å²) in [5.41, 5.74) is 1.82. The van der Waals surface area contributed by atoms with E-state index in [1.807, 2.05) is 35.9 Å². The summed E-state index contributed by atoms with van der Waals surface area (Å²) in [4.78, 5) is 15.5. The lowest BCUT2D eigenvalue weighted by Gasteiger charge is -2.11. The van der Waals surface area contributed by atoms with Crippen LogP contribution in [0.5, 0.6) is 0 Å². The third-order valence-electron chi connectivity index (χ3n) is 3.17. The van der Waals surface area contributed by atoms with Gasteiger partial charge in [-0.1, -0.05) is 24.3 Å². The molecule has 0 atom stereocenters. The molecule has 2 N–H and O–H groups in total. The zero-order valence-electron chi connectivity index (χ0n) is 12.5. The van der Waals surface area contributed by atoms with Gasteiger partial charge >= 0.3 is 12.2 Å². The van der Waals surface area contributed by atoms with Gasteiger partial charge in [0.05, 0.1) is 0 Å². The Hall–Kier alpha value is -2.51. The summed E-state index contributed by atoms with van der Waals surface area (Å²) in [5, 5.41) is 4.16. The number of nitrogens with one attached hydrogen (secondary N) is 2. The fraction of sp³-hybridized carbons (Fsp3) is 0.333. The normalized spacial score (nSPS) is 11.3. The molecule has 0 unspecified atom stereocenters. The highest BCUT2D eigenvalue weighted by atomic mass is 19.4. The molecule has 0 fully saturated rings. The average molecular weight is 326 g/mol. The minimum atomic E-state index is -4.42. The first-order valence-electron chi connectivity index (χ1n) is 6.97. The molecule has 0 aliphatic heterocycles. The van der Waals surface area contributed by atoms with Crippen LogP contribution in [0.25, 0.3) is 0 Å². The molecule has 8 heteroatoms. The molecular formula is C15H17F3N4O. The van der Waals surface area contributed by atoms with E-state index in [1.54, 1.807) is 17.6 Å². The quantitative estimate of drug-likeness (QED) is 0.887. The number of nitrogens with zero attached hydrogens (tertiary/aromatic N) is 2. The highest BCUT2D eigenvalue weighted by Crippen LogP contribution is 2.12. The highest BCUT2D eigenvalue weighted by molar-refractivity contribution is 5.73. The van der Waals surface area contributed by atoms with Crippen molar-refractivity contribution in [2.45, 2.75) is 26.2 Å². The smallest absolute Gasteiger partial charge is 0.334 e. The summed E-state index contributed by atoms with van der Waals surface area (Å²) < 4.78 is 38.0. The van der Waals surface area contributed by atoms with Gasteiger partial charge in [-0.25, -0.2) is 9.78 Å². The Kier molecular flexibility index (Phi) is 5.25. The van der Waals surface area contributed by atoms with Crippen LogP contribution in [0.2, 0.25) is 0 Å². The largest absolute Gasteiger partial charge is 0.405 e. The molecule has 0 bridgehead atoms. The Bertz CT molecular complexity index is 667. The molecule has 0 radical (unpaired) electrons. The molecule has 1 aromatic heterocycles. The fourth-order valence-electron chi connectivity index (χ4n) is 2.03. The number of alkyl halides is 3. The maximum absolute atomic E-state index is 12.0. The molecule has 124 valence electrons. The van der Waals surface area contributed by atoms with Crippen molar-refractivity contribution >= 4 is 6.03 Å². The van der Waals surface area contributed by atoms with E-state index >= 15 is 0 Å². The predicted molar refractivity (Wildman–Crippen MR) is 78.8 cm³/mol. The van der Waals surface area contributed by atoms with Gasteiger partial charge in [-0.3, -0.25) is 0 Å². The van der Waals surface area contributed by atoms with Gasteiger partial charge in [-0.2, -0.15) is 13.2 Å². The van der Waals surface area contributed by atoms with E-state index < -0.39 is 18.8 Å². The average Bonchev–Trinajstić information content (AvgIpc) is 2.88. The number of hydrogen-bond donors (Lipinski definition) is 2. The molecule has 0 spiro atoms. The fourth-order valence-corrected chi connectivity index (χ4v) is 2.03. The van der Waals surface area contributed by atoms with E-state index in [9.17, 15) is 18.0 Å². The minimum Gasteiger partial charge on any atom is -0.334 e. The number of carbonyl (C=O) groups excluding carboxylic acids is 1. The van der Waals surface area contributed by atoms with E-state index in [0.29, 0.717) is 6.54 Å². The van der Waals surface area contributed by atoms with E-state index in [-0.39, 0.29) is 6.54 Å². The van der Waals surface area contributed by atoms with Crippen LogP contribution in [0, 0.1) is 6.92 Å². The summed E-state index contributed by atoms with van der Waals surface area (Å²) in [6, 6.07) is 6.62. The standard InChI is InChI=1S/C15H17F3N4O/c1-11-19-5-6-22(11)9-13-4-2-3-12(7-13)8-20-14(23)21-10-15(16,17)18/h2-7H,8-10H2,1H3,(H2,20,21,23). The number of benzene rings is 1. The van der Waals surface area contributed by atoms with Crippen molar-refractivity contribution in [3.63, 3.8) is 0 Å².